The number of carbonyl (C=O) groups excluding carboxylic acids is 1. The summed E-state index contributed by atoms with van der Waals surface area (Å²) in [5, 5.41) is 3.69. The van der Waals surface area contributed by atoms with E-state index in [4.69, 9.17) is 22.1 Å². The molecule has 0 saturated carbocycles. The minimum absolute atomic E-state index is 0.0429. The van der Waals surface area contributed by atoms with Crippen LogP contribution in [0.5, 0.6) is 5.88 Å². The Morgan fingerprint density at radius 2 is 2.09 bits per heavy atom. The lowest BCUT2D eigenvalue weighted by Gasteiger charge is -2.10. The van der Waals surface area contributed by atoms with Crippen molar-refractivity contribution in [3.63, 3.8) is 0 Å². The molecular formula is C14H16ClN5O3. The zero-order valence-corrected chi connectivity index (χ0v) is 13.1. The van der Waals surface area contributed by atoms with Crippen LogP contribution < -0.4 is 21.3 Å². The highest BCUT2D eigenvalue weighted by Gasteiger charge is 2.17. The molecule has 0 aliphatic rings. The summed E-state index contributed by atoms with van der Waals surface area (Å²) < 4.78 is 5.15. The van der Waals surface area contributed by atoms with Crippen LogP contribution >= 0.6 is 11.6 Å². The van der Waals surface area contributed by atoms with E-state index in [1.165, 1.54) is 13.2 Å². The molecule has 2 aromatic rings. The number of halogens is 1. The molecule has 1 aromatic carbocycles. The largest absolute Gasteiger partial charge is 0.461 e. The predicted molar refractivity (Wildman–Crippen MR) is 85.0 cm³/mol. The second kappa shape index (κ2) is 8.28. The van der Waals surface area contributed by atoms with Gasteiger partial charge < -0.3 is 14.9 Å². The van der Waals surface area contributed by atoms with Gasteiger partial charge in [0.15, 0.2) is 0 Å². The number of hydrogen-bond acceptors (Lipinski definition) is 8. The van der Waals surface area contributed by atoms with Crippen molar-refractivity contribution in [3.05, 3.63) is 46.6 Å². The number of carbonyl (C=O) groups is 1. The summed E-state index contributed by atoms with van der Waals surface area (Å²) in [4.78, 5) is 24.6. The standard InChI is InChI=1S/C14H16ClN5O3/c1-17-23-13(21)11-7-19-14(20-12(11)22-8-16)18-6-9-2-4-10(15)5-3-9/h2-5,7,17H,6,8,16H2,1H3,(H,18,19,20). The fourth-order valence-corrected chi connectivity index (χ4v) is 1.84. The van der Waals surface area contributed by atoms with Gasteiger partial charge in [0.25, 0.3) is 0 Å². The summed E-state index contributed by atoms with van der Waals surface area (Å²) in [6, 6.07) is 7.34. The van der Waals surface area contributed by atoms with Gasteiger partial charge in [-0.25, -0.2) is 9.78 Å². The molecule has 0 unspecified atom stereocenters. The summed E-state index contributed by atoms with van der Waals surface area (Å²) in [6.07, 6.45) is 1.31. The highest BCUT2D eigenvalue weighted by atomic mass is 35.5. The van der Waals surface area contributed by atoms with Gasteiger partial charge in [-0.15, -0.1) is 0 Å². The molecule has 0 atom stereocenters. The van der Waals surface area contributed by atoms with E-state index in [2.05, 4.69) is 25.6 Å². The first kappa shape index (κ1) is 16.9. The topological polar surface area (TPSA) is 111 Å². The van der Waals surface area contributed by atoms with Gasteiger partial charge in [0.1, 0.15) is 12.3 Å². The number of ether oxygens (including phenoxy) is 1. The number of aromatic nitrogens is 2. The Morgan fingerprint density at radius 1 is 1.35 bits per heavy atom. The molecule has 1 aromatic heterocycles. The maximum atomic E-state index is 11.7. The zero-order chi connectivity index (χ0) is 16.7. The Labute approximate surface area is 137 Å². The Kier molecular flexibility index (Phi) is 6.10. The van der Waals surface area contributed by atoms with Crippen LogP contribution in [-0.2, 0) is 11.4 Å². The van der Waals surface area contributed by atoms with Crippen LogP contribution in [0.15, 0.2) is 30.5 Å². The molecule has 0 radical (unpaired) electrons. The minimum atomic E-state index is -0.666. The van der Waals surface area contributed by atoms with Crippen LogP contribution in [0.4, 0.5) is 5.95 Å². The quantitative estimate of drug-likeness (QED) is 0.512. The van der Waals surface area contributed by atoms with E-state index >= 15 is 0 Å². The van der Waals surface area contributed by atoms with Gasteiger partial charge in [-0.05, 0) is 17.7 Å². The molecular weight excluding hydrogens is 322 g/mol. The molecule has 1 heterocycles. The third kappa shape index (κ3) is 4.78. The Morgan fingerprint density at radius 3 is 2.74 bits per heavy atom. The lowest BCUT2D eigenvalue weighted by Crippen LogP contribution is -2.19. The second-order valence-corrected chi connectivity index (χ2v) is 4.73. The first-order valence-electron chi connectivity index (χ1n) is 6.70. The van der Waals surface area contributed by atoms with Crippen LogP contribution in [0.1, 0.15) is 15.9 Å². The summed E-state index contributed by atoms with van der Waals surface area (Å²) in [6.45, 7) is 0.354. The molecule has 9 heteroatoms. The summed E-state index contributed by atoms with van der Waals surface area (Å²) >= 11 is 5.83. The monoisotopic (exact) mass is 337 g/mol. The lowest BCUT2D eigenvalue weighted by atomic mass is 10.2. The SMILES string of the molecule is CNOC(=O)c1cnc(NCc2ccc(Cl)cc2)nc1OCN. The van der Waals surface area contributed by atoms with E-state index in [0.29, 0.717) is 17.5 Å². The van der Waals surface area contributed by atoms with Crippen LogP contribution in [0.25, 0.3) is 0 Å². The number of rotatable bonds is 7. The number of nitrogens with two attached hydrogens (primary N) is 1. The van der Waals surface area contributed by atoms with E-state index in [1.54, 1.807) is 12.1 Å². The van der Waals surface area contributed by atoms with Crippen LogP contribution in [-0.4, -0.2) is 29.7 Å². The smallest absolute Gasteiger partial charge is 0.363 e. The third-order valence-electron chi connectivity index (χ3n) is 2.75. The van der Waals surface area contributed by atoms with E-state index in [0.717, 1.165) is 5.56 Å². The molecule has 0 bridgehead atoms. The van der Waals surface area contributed by atoms with E-state index in [1.807, 2.05) is 12.1 Å². The number of hydroxylamine groups is 1. The first-order chi connectivity index (χ1) is 11.1. The number of nitrogens with one attached hydrogen (secondary N) is 2. The maximum Gasteiger partial charge on any atom is 0.363 e. The number of hydrogen-bond donors (Lipinski definition) is 3. The third-order valence-corrected chi connectivity index (χ3v) is 3.00. The van der Waals surface area contributed by atoms with Gasteiger partial charge in [0.05, 0.1) is 6.20 Å². The summed E-state index contributed by atoms with van der Waals surface area (Å²) in [5.41, 5.74) is 8.70. The number of nitrogens with zero attached hydrogens (tertiary/aromatic N) is 2. The zero-order valence-electron chi connectivity index (χ0n) is 12.4. The van der Waals surface area contributed by atoms with Gasteiger partial charge >= 0.3 is 5.97 Å². The van der Waals surface area contributed by atoms with Crippen molar-refractivity contribution in [3.8, 4) is 5.88 Å². The molecule has 0 aliphatic carbocycles. The van der Waals surface area contributed by atoms with Crippen molar-refractivity contribution in [1.29, 1.82) is 0 Å². The highest BCUT2D eigenvalue weighted by molar-refractivity contribution is 6.30. The van der Waals surface area contributed by atoms with E-state index in [9.17, 15) is 4.79 Å². The van der Waals surface area contributed by atoms with Crippen LogP contribution in [0.3, 0.4) is 0 Å². The molecule has 0 fully saturated rings. The molecule has 0 amide bonds. The molecule has 0 aliphatic heterocycles. The van der Waals surface area contributed by atoms with Crippen molar-refractivity contribution in [2.24, 2.45) is 5.73 Å². The predicted octanol–water partition coefficient (Wildman–Crippen LogP) is 1.33. The Balaban J connectivity index is 2.11. The number of anilines is 1. The van der Waals surface area contributed by atoms with E-state index in [-0.39, 0.29) is 18.2 Å². The van der Waals surface area contributed by atoms with Gasteiger partial charge in [0, 0.05) is 18.6 Å². The Bertz CT molecular complexity index is 666. The van der Waals surface area contributed by atoms with Gasteiger partial charge in [-0.1, -0.05) is 23.7 Å². The van der Waals surface area contributed by atoms with Crippen molar-refractivity contribution < 1.29 is 14.4 Å². The van der Waals surface area contributed by atoms with Gasteiger partial charge in [-0.3, -0.25) is 5.73 Å². The molecule has 2 rings (SSSR count). The molecule has 122 valence electrons. The van der Waals surface area contributed by atoms with Gasteiger partial charge in [-0.2, -0.15) is 10.5 Å². The van der Waals surface area contributed by atoms with Gasteiger partial charge in [0.2, 0.25) is 11.8 Å². The normalized spacial score (nSPS) is 10.2. The molecule has 8 nitrogen and oxygen atoms in total. The van der Waals surface area contributed by atoms with Crippen LogP contribution in [0, 0.1) is 0 Å². The fourth-order valence-electron chi connectivity index (χ4n) is 1.71. The van der Waals surface area contributed by atoms with Crippen molar-refractivity contribution in [2.75, 3.05) is 19.1 Å². The average Bonchev–Trinajstić information content (AvgIpc) is 2.55. The first-order valence-corrected chi connectivity index (χ1v) is 7.08. The minimum Gasteiger partial charge on any atom is -0.461 e. The van der Waals surface area contributed by atoms with Crippen molar-refractivity contribution >= 4 is 23.5 Å². The Hall–Kier alpha value is -2.42. The van der Waals surface area contributed by atoms with Crippen LogP contribution in [0.2, 0.25) is 5.02 Å². The van der Waals surface area contributed by atoms with E-state index < -0.39 is 5.97 Å². The summed E-state index contributed by atoms with van der Waals surface area (Å²) in [7, 11) is 1.46. The number of benzene rings is 1. The van der Waals surface area contributed by atoms with Crippen molar-refractivity contribution in [2.45, 2.75) is 6.54 Å². The molecule has 0 saturated heterocycles. The van der Waals surface area contributed by atoms with Crippen molar-refractivity contribution in [1.82, 2.24) is 15.4 Å². The second-order valence-electron chi connectivity index (χ2n) is 4.30. The summed E-state index contributed by atoms with van der Waals surface area (Å²) in [5.74, 6) is -0.328. The average molecular weight is 338 g/mol. The highest BCUT2D eigenvalue weighted by Crippen LogP contribution is 2.18. The molecule has 0 spiro atoms. The molecule has 4 N–H and O–H groups in total. The lowest BCUT2D eigenvalue weighted by molar-refractivity contribution is 0.0304. The molecule has 23 heavy (non-hydrogen) atoms. The fraction of sp³-hybridized carbons (Fsp3) is 0.214. The maximum absolute atomic E-state index is 11.7.